The Morgan fingerprint density at radius 1 is 1.12 bits per heavy atom. The summed E-state index contributed by atoms with van der Waals surface area (Å²) in [6, 6.07) is -0.339. The highest BCUT2D eigenvalue weighted by Gasteiger charge is 2.64. The summed E-state index contributed by atoms with van der Waals surface area (Å²) in [5.74, 6) is 2.44. The summed E-state index contributed by atoms with van der Waals surface area (Å²) >= 11 is 0. The first-order chi connectivity index (χ1) is 12.4. The zero-order chi connectivity index (χ0) is 18.5. The summed E-state index contributed by atoms with van der Waals surface area (Å²) in [6.07, 6.45) is 10.3. The van der Waals surface area contributed by atoms with Gasteiger partial charge in [0.2, 0.25) is 6.04 Å². The van der Waals surface area contributed by atoms with Crippen molar-refractivity contribution in [3.05, 3.63) is 10.1 Å². The molecule has 5 nitrogen and oxygen atoms in total. The predicted molar refractivity (Wildman–Crippen MR) is 99.3 cm³/mol. The Balaban J connectivity index is 1.63. The zero-order valence-electron chi connectivity index (χ0n) is 16.4. The minimum Gasteiger partial charge on any atom is -0.393 e. The minimum atomic E-state index is -0.339. The number of rotatable bonds is 4. The first-order valence-electron chi connectivity index (χ1n) is 10.7. The number of hydrogen-bond donors (Lipinski definition) is 1. The third kappa shape index (κ3) is 2.64. The molecule has 4 aliphatic carbocycles. The van der Waals surface area contributed by atoms with Crippen molar-refractivity contribution in [1.82, 2.24) is 0 Å². The molecule has 0 aromatic rings. The molecular formula is C21H35NO4. The molecule has 0 saturated heterocycles. The second-order valence-corrected chi connectivity index (χ2v) is 9.98. The van der Waals surface area contributed by atoms with Crippen LogP contribution < -0.4 is 0 Å². The number of fused-ring (bicyclic) bond motifs is 5. The molecule has 0 aromatic carbocycles. The van der Waals surface area contributed by atoms with E-state index in [0.29, 0.717) is 29.1 Å². The molecular weight excluding hydrogens is 330 g/mol. The standard InChI is InChI=1S/C21H35NO4/c1-20-9-8-18-16(17(20)5-6-19(20)22(24)25)4-3-14-13-15(23)7-10-21(14,18)11-12-26-2/h14-19,23H,3-13H2,1-2H3/t14-,15+,16-,17-,18-,19-,20-,21+/m0/s1. The molecule has 5 heteroatoms. The van der Waals surface area contributed by atoms with E-state index in [2.05, 4.69) is 6.92 Å². The van der Waals surface area contributed by atoms with Crippen LogP contribution in [0.4, 0.5) is 0 Å². The lowest BCUT2D eigenvalue weighted by atomic mass is 9.43. The Kier molecular flexibility index (Phi) is 4.84. The van der Waals surface area contributed by atoms with Gasteiger partial charge in [-0.15, -0.1) is 0 Å². The quantitative estimate of drug-likeness (QED) is 0.602. The van der Waals surface area contributed by atoms with E-state index in [0.717, 1.165) is 58.0 Å². The molecule has 0 aromatic heterocycles. The highest BCUT2D eigenvalue weighted by atomic mass is 16.6. The van der Waals surface area contributed by atoms with E-state index in [1.54, 1.807) is 7.11 Å². The Morgan fingerprint density at radius 3 is 2.65 bits per heavy atom. The third-order valence-corrected chi connectivity index (χ3v) is 9.31. The number of aliphatic hydroxyl groups is 1. The van der Waals surface area contributed by atoms with Gasteiger partial charge in [0.1, 0.15) is 0 Å². The first-order valence-corrected chi connectivity index (χ1v) is 10.7. The second-order valence-electron chi connectivity index (χ2n) is 9.98. The van der Waals surface area contributed by atoms with Crippen molar-refractivity contribution in [2.24, 2.45) is 34.5 Å². The highest BCUT2D eigenvalue weighted by Crippen LogP contribution is 2.67. The topological polar surface area (TPSA) is 72.6 Å². The molecule has 8 atom stereocenters. The fourth-order valence-electron chi connectivity index (χ4n) is 8.14. The van der Waals surface area contributed by atoms with Crippen LogP contribution in [0, 0.1) is 44.6 Å². The third-order valence-electron chi connectivity index (χ3n) is 9.31. The van der Waals surface area contributed by atoms with Crippen molar-refractivity contribution in [3.63, 3.8) is 0 Å². The molecule has 4 aliphatic rings. The maximum atomic E-state index is 11.7. The summed E-state index contributed by atoms with van der Waals surface area (Å²) in [4.78, 5) is 11.7. The van der Waals surface area contributed by atoms with Crippen LogP contribution in [-0.4, -0.2) is 35.9 Å². The average molecular weight is 366 g/mol. The predicted octanol–water partition coefficient (Wildman–Crippen LogP) is 4.05. The normalized spacial score (nSPS) is 50.6. The van der Waals surface area contributed by atoms with Gasteiger partial charge < -0.3 is 9.84 Å². The van der Waals surface area contributed by atoms with E-state index >= 15 is 0 Å². The van der Waals surface area contributed by atoms with Crippen LogP contribution in [0.5, 0.6) is 0 Å². The maximum absolute atomic E-state index is 11.7. The lowest BCUT2D eigenvalue weighted by Crippen LogP contribution is -2.56. The lowest BCUT2D eigenvalue weighted by Gasteiger charge is -2.61. The molecule has 4 fully saturated rings. The van der Waals surface area contributed by atoms with Gasteiger partial charge in [-0.05, 0) is 86.9 Å². The SMILES string of the molecule is COCC[C@]12CC[C@@H](O)C[C@@H]1CC[C@H]1[C@@H]3CC[C@H]([N+](=O)[O-])[C@@]3(C)CC[C@@H]12. The van der Waals surface area contributed by atoms with Crippen molar-refractivity contribution >= 4 is 0 Å². The molecule has 0 unspecified atom stereocenters. The van der Waals surface area contributed by atoms with Crippen LogP contribution in [0.15, 0.2) is 0 Å². The van der Waals surface area contributed by atoms with Crippen LogP contribution >= 0.6 is 0 Å². The average Bonchev–Trinajstić information content (AvgIpc) is 2.97. The molecule has 1 N–H and O–H groups in total. The van der Waals surface area contributed by atoms with Gasteiger partial charge in [0.15, 0.2) is 0 Å². The summed E-state index contributed by atoms with van der Waals surface area (Å²) in [7, 11) is 1.79. The van der Waals surface area contributed by atoms with Crippen molar-refractivity contribution in [1.29, 1.82) is 0 Å². The molecule has 4 saturated carbocycles. The van der Waals surface area contributed by atoms with E-state index in [4.69, 9.17) is 4.74 Å². The van der Waals surface area contributed by atoms with Crippen molar-refractivity contribution in [3.8, 4) is 0 Å². The second kappa shape index (κ2) is 6.73. The van der Waals surface area contributed by atoms with E-state index in [1.807, 2.05) is 0 Å². The number of nitrogens with zero attached hydrogens (tertiary/aromatic N) is 1. The van der Waals surface area contributed by atoms with Crippen LogP contribution in [0.3, 0.4) is 0 Å². The smallest absolute Gasteiger partial charge is 0.218 e. The molecule has 148 valence electrons. The maximum Gasteiger partial charge on any atom is 0.218 e. The van der Waals surface area contributed by atoms with Crippen molar-refractivity contribution < 1.29 is 14.8 Å². The summed E-state index contributed by atoms with van der Waals surface area (Å²) in [5.41, 5.74) is 0.195. The van der Waals surface area contributed by atoms with Gasteiger partial charge in [0.05, 0.1) is 6.10 Å². The zero-order valence-corrected chi connectivity index (χ0v) is 16.4. The Bertz CT molecular complexity index is 550. The van der Waals surface area contributed by atoms with Gasteiger partial charge in [-0.3, -0.25) is 10.1 Å². The summed E-state index contributed by atoms with van der Waals surface area (Å²) < 4.78 is 5.50. The first kappa shape index (κ1) is 18.7. The number of methoxy groups -OCH3 is 1. The van der Waals surface area contributed by atoms with Crippen molar-refractivity contribution in [2.45, 2.75) is 83.3 Å². The van der Waals surface area contributed by atoms with Crippen LogP contribution in [0.1, 0.15) is 71.1 Å². The highest BCUT2D eigenvalue weighted by molar-refractivity contribution is 5.10. The fraction of sp³-hybridized carbons (Fsp3) is 1.00. The number of aliphatic hydroxyl groups excluding tert-OH is 1. The van der Waals surface area contributed by atoms with E-state index in [-0.39, 0.29) is 22.5 Å². The minimum absolute atomic E-state index is 0.0175. The number of hydrogen-bond acceptors (Lipinski definition) is 4. The van der Waals surface area contributed by atoms with Crippen LogP contribution in [-0.2, 0) is 4.74 Å². The van der Waals surface area contributed by atoms with E-state index in [9.17, 15) is 15.2 Å². The largest absolute Gasteiger partial charge is 0.393 e. The number of ether oxygens (including phenoxy) is 1. The summed E-state index contributed by atoms with van der Waals surface area (Å²) in [6.45, 7) is 3.02. The molecule has 0 aliphatic heterocycles. The van der Waals surface area contributed by atoms with Gasteiger partial charge in [-0.1, -0.05) is 6.92 Å². The molecule has 4 rings (SSSR count). The van der Waals surface area contributed by atoms with E-state index in [1.165, 1.54) is 12.8 Å². The Hall–Kier alpha value is -0.680. The Labute approximate surface area is 157 Å². The lowest BCUT2D eigenvalue weighted by molar-refractivity contribution is -0.540. The van der Waals surface area contributed by atoms with Crippen molar-refractivity contribution in [2.75, 3.05) is 13.7 Å². The van der Waals surface area contributed by atoms with Crippen LogP contribution in [0.2, 0.25) is 0 Å². The monoisotopic (exact) mass is 365 g/mol. The number of nitro groups is 1. The molecule has 0 spiro atoms. The summed E-state index contributed by atoms with van der Waals surface area (Å²) in [5, 5.41) is 21.9. The van der Waals surface area contributed by atoms with Gasteiger partial charge in [-0.25, -0.2) is 0 Å². The molecule has 26 heavy (non-hydrogen) atoms. The molecule has 0 amide bonds. The van der Waals surface area contributed by atoms with Crippen LogP contribution in [0.25, 0.3) is 0 Å². The van der Waals surface area contributed by atoms with Gasteiger partial charge in [0, 0.05) is 30.5 Å². The van der Waals surface area contributed by atoms with E-state index < -0.39 is 0 Å². The van der Waals surface area contributed by atoms with Gasteiger partial charge >= 0.3 is 0 Å². The van der Waals surface area contributed by atoms with Gasteiger partial charge in [-0.2, -0.15) is 0 Å². The molecule has 0 heterocycles. The fourth-order valence-corrected chi connectivity index (χ4v) is 8.14. The Morgan fingerprint density at radius 2 is 1.92 bits per heavy atom. The molecule has 0 radical (unpaired) electrons. The van der Waals surface area contributed by atoms with Gasteiger partial charge in [0.25, 0.3) is 0 Å². The molecule has 0 bridgehead atoms.